The molecule has 1 aromatic heterocycles. The molecule has 0 saturated carbocycles. The molecular formula is C21H25N3O3. The summed E-state index contributed by atoms with van der Waals surface area (Å²) in [5.41, 5.74) is 5.28. The van der Waals surface area contributed by atoms with Crippen molar-refractivity contribution >= 4 is 22.6 Å². The van der Waals surface area contributed by atoms with Crippen LogP contribution in [0.4, 0.5) is 4.79 Å². The molecule has 6 heteroatoms. The van der Waals surface area contributed by atoms with Crippen molar-refractivity contribution in [3.05, 3.63) is 41.6 Å². The molecule has 2 aliphatic heterocycles. The highest BCUT2D eigenvalue weighted by Crippen LogP contribution is 2.40. The van der Waals surface area contributed by atoms with Crippen LogP contribution in [0, 0.1) is 5.92 Å². The van der Waals surface area contributed by atoms with Crippen LogP contribution in [0.2, 0.25) is 0 Å². The van der Waals surface area contributed by atoms with Gasteiger partial charge in [-0.05, 0) is 36.2 Å². The number of carbonyl (C=O) groups is 1. The molecular weight excluding hydrogens is 342 g/mol. The number of aromatic amines is 1. The third kappa shape index (κ3) is 2.93. The van der Waals surface area contributed by atoms with Gasteiger partial charge in [0, 0.05) is 48.7 Å². The molecule has 142 valence electrons. The summed E-state index contributed by atoms with van der Waals surface area (Å²) in [5.74, 6) is 0.210. The number of hydrogen-bond acceptors (Lipinski definition) is 4. The first-order valence-corrected chi connectivity index (χ1v) is 9.71. The largest absolute Gasteiger partial charge is 0.449 e. The fourth-order valence-electron chi connectivity index (χ4n) is 4.67. The maximum absolute atomic E-state index is 12.3. The van der Waals surface area contributed by atoms with E-state index in [4.69, 9.17) is 9.47 Å². The Morgan fingerprint density at radius 3 is 3.04 bits per heavy atom. The van der Waals surface area contributed by atoms with E-state index in [2.05, 4.69) is 47.4 Å². The van der Waals surface area contributed by atoms with Crippen LogP contribution in [-0.4, -0.2) is 73.4 Å². The molecule has 3 heterocycles. The van der Waals surface area contributed by atoms with Crippen molar-refractivity contribution in [2.45, 2.75) is 12.5 Å². The van der Waals surface area contributed by atoms with E-state index in [0.717, 1.165) is 13.0 Å². The average molecular weight is 367 g/mol. The number of morpholine rings is 1. The van der Waals surface area contributed by atoms with Crippen LogP contribution < -0.4 is 0 Å². The number of hydrogen-bond donors (Lipinski definition) is 1. The maximum atomic E-state index is 12.3. The molecule has 3 aliphatic rings. The molecule has 27 heavy (non-hydrogen) atoms. The van der Waals surface area contributed by atoms with Crippen LogP contribution in [-0.2, 0) is 15.9 Å². The summed E-state index contributed by atoms with van der Waals surface area (Å²) in [5, 5.41) is 1.35. The van der Waals surface area contributed by atoms with E-state index < -0.39 is 0 Å². The number of nitrogens with zero attached hydrogens (tertiary/aromatic N) is 2. The number of nitrogens with one attached hydrogen (secondary N) is 1. The number of aromatic nitrogens is 1. The van der Waals surface area contributed by atoms with E-state index >= 15 is 0 Å². The molecule has 0 radical (unpaired) electrons. The van der Waals surface area contributed by atoms with Crippen molar-refractivity contribution in [1.82, 2.24) is 14.8 Å². The van der Waals surface area contributed by atoms with Crippen molar-refractivity contribution in [3.63, 3.8) is 0 Å². The lowest BCUT2D eigenvalue weighted by atomic mass is 9.80. The SMILES string of the molecule is CN1C[C@H](COC(=O)N2CCOCC2)C=C2c3cccc4[nH]cc(c34)C[C@H]21. The molecule has 1 saturated heterocycles. The standard InChI is InChI=1S/C21H25N3O3/c1-23-12-14(13-27-21(25)24-5-7-26-8-6-24)9-17-16-3-2-4-18-20(16)15(11-22-18)10-19(17)23/h2-4,9,11,14,19,22H,5-8,10,12-13H2,1H3/t14-,19-/m1/s1. The summed E-state index contributed by atoms with van der Waals surface area (Å²) in [6.45, 7) is 3.74. The van der Waals surface area contributed by atoms with Gasteiger partial charge in [0.2, 0.25) is 0 Å². The van der Waals surface area contributed by atoms with Crippen molar-refractivity contribution in [1.29, 1.82) is 0 Å². The summed E-state index contributed by atoms with van der Waals surface area (Å²) >= 11 is 0. The Balaban J connectivity index is 1.37. The number of likely N-dealkylation sites (N-methyl/N-ethyl adjacent to an activating group) is 1. The number of fused-ring (bicyclic) bond motifs is 2. The molecule has 1 fully saturated rings. The number of amides is 1. The smallest absolute Gasteiger partial charge is 0.409 e. The van der Waals surface area contributed by atoms with Crippen molar-refractivity contribution in [3.8, 4) is 0 Å². The van der Waals surface area contributed by atoms with E-state index in [1.54, 1.807) is 4.90 Å². The monoisotopic (exact) mass is 367 g/mol. The molecule has 0 unspecified atom stereocenters. The molecule has 1 N–H and O–H groups in total. The van der Waals surface area contributed by atoms with E-state index in [0.29, 0.717) is 39.0 Å². The number of ether oxygens (including phenoxy) is 2. The highest BCUT2D eigenvalue weighted by atomic mass is 16.6. The van der Waals surface area contributed by atoms with Crippen LogP contribution >= 0.6 is 0 Å². The van der Waals surface area contributed by atoms with Crippen molar-refractivity contribution in [2.24, 2.45) is 5.92 Å². The van der Waals surface area contributed by atoms with E-state index in [1.807, 2.05) is 0 Å². The van der Waals surface area contributed by atoms with E-state index in [1.165, 1.54) is 27.6 Å². The third-order valence-corrected chi connectivity index (χ3v) is 6.03. The first-order valence-electron chi connectivity index (χ1n) is 9.71. The molecule has 0 bridgehead atoms. The lowest BCUT2D eigenvalue weighted by Crippen LogP contribution is -2.45. The molecule has 5 rings (SSSR count). The molecule has 6 nitrogen and oxygen atoms in total. The van der Waals surface area contributed by atoms with Gasteiger partial charge < -0.3 is 19.4 Å². The van der Waals surface area contributed by atoms with Gasteiger partial charge in [0.05, 0.1) is 13.2 Å². The van der Waals surface area contributed by atoms with Crippen LogP contribution in [0.15, 0.2) is 30.5 Å². The van der Waals surface area contributed by atoms with Crippen LogP contribution in [0.3, 0.4) is 0 Å². The molecule has 2 atom stereocenters. The first-order chi connectivity index (χ1) is 13.2. The second-order valence-corrected chi connectivity index (χ2v) is 7.76. The summed E-state index contributed by atoms with van der Waals surface area (Å²) < 4.78 is 10.9. The summed E-state index contributed by atoms with van der Waals surface area (Å²) in [6.07, 6.45) is 5.29. The first kappa shape index (κ1) is 16.8. The number of benzene rings is 1. The quantitative estimate of drug-likeness (QED) is 0.886. The van der Waals surface area contributed by atoms with Gasteiger partial charge in [0.15, 0.2) is 0 Å². The normalized spacial score (nSPS) is 25.2. The molecule has 1 aromatic carbocycles. The maximum Gasteiger partial charge on any atom is 0.409 e. The molecule has 1 amide bonds. The summed E-state index contributed by atoms with van der Waals surface area (Å²) in [4.78, 5) is 19.8. The fraction of sp³-hybridized carbons (Fsp3) is 0.476. The minimum Gasteiger partial charge on any atom is -0.449 e. The fourth-order valence-corrected chi connectivity index (χ4v) is 4.67. The van der Waals surface area contributed by atoms with Gasteiger partial charge in [0.25, 0.3) is 0 Å². The predicted octanol–water partition coefficient (Wildman–Crippen LogP) is 2.51. The Kier molecular flexibility index (Phi) is 4.17. The second kappa shape index (κ2) is 6.69. The lowest BCUT2D eigenvalue weighted by Gasteiger charge is -2.39. The Hall–Kier alpha value is -2.31. The number of H-pyrrole nitrogens is 1. The molecule has 0 spiro atoms. The zero-order chi connectivity index (χ0) is 18.4. The number of rotatable bonds is 2. The van der Waals surface area contributed by atoms with Gasteiger partial charge in [-0.1, -0.05) is 18.2 Å². The van der Waals surface area contributed by atoms with Gasteiger partial charge in [-0.2, -0.15) is 0 Å². The topological polar surface area (TPSA) is 57.8 Å². The Morgan fingerprint density at radius 1 is 1.33 bits per heavy atom. The second-order valence-electron chi connectivity index (χ2n) is 7.76. The predicted molar refractivity (Wildman–Crippen MR) is 104 cm³/mol. The van der Waals surface area contributed by atoms with Crippen molar-refractivity contribution in [2.75, 3.05) is 46.5 Å². The highest BCUT2D eigenvalue weighted by Gasteiger charge is 2.34. The molecule has 2 aromatic rings. The Labute approximate surface area is 158 Å². The average Bonchev–Trinajstić information content (AvgIpc) is 3.12. The minimum absolute atomic E-state index is 0.210. The van der Waals surface area contributed by atoms with Crippen LogP contribution in [0.5, 0.6) is 0 Å². The molecule has 1 aliphatic carbocycles. The highest BCUT2D eigenvalue weighted by molar-refractivity contribution is 5.98. The number of carbonyl (C=O) groups excluding carboxylic acids is 1. The van der Waals surface area contributed by atoms with Gasteiger partial charge in [-0.3, -0.25) is 4.90 Å². The van der Waals surface area contributed by atoms with Gasteiger partial charge >= 0.3 is 6.09 Å². The van der Waals surface area contributed by atoms with Gasteiger partial charge in [-0.25, -0.2) is 4.79 Å². The van der Waals surface area contributed by atoms with Crippen LogP contribution in [0.1, 0.15) is 11.1 Å². The summed E-state index contributed by atoms with van der Waals surface area (Å²) in [7, 11) is 2.17. The lowest BCUT2D eigenvalue weighted by molar-refractivity contribution is 0.0229. The van der Waals surface area contributed by atoms with Gasteiger partial charge in [-0.15, -0.1) is 0 Å². The van der Waals surface area contributed by atoms with Crippen LogP contribution in [0.25, 0.3) is 16.5 Å². The van der Waals surface area contributed by atoms with E-state index in [-0.39, 0.29) is 12.0 Å². The zero-order valence-electron chi connectivity index (χ0n) is 15.6. The zero-order valence-corrected chi connectivity index (χ0v) is 15.6. The van der Waals surface area contributed by atoms with Gasteiger partial charge in [0.1, 0.15) is 6.61 Å². The summed E-state index contributed by atoms with van der Waals surface area (Å²) in [6, 6.07) is 6.86. The Bertz CT molecular complexity index is 897. The minimum atomic E-state index is -0.222. The Morgan fingerprint density at radius 2 is 2.19 bits per heavy atom. The van der Waals surface area contributed by atoms with E-state index in [9.17, 15) is 4.79 Å². The third-order valence-electron chi connectivity index (χ3n) is 6.03. The van der Waals surface area contributed by atoms with Crippen molar-refractivity contribution < 1.29 is 14.3 Å².